The number of aliphatic carboxylic acids is 2. The zero-order valence-corrected chi connectivity index (χ0v) is 45.1. The third-order valence-electron chi connectivity index (χ3n) is 11.9. The molecule has 1 aromatic carbocycles. The van der Waals surface area contributed by atoms with E-state index < -0.39 is 138 Å². The van der Waals surface area contributed by atoms with Crippen molar-refractivity contribution >= 4 is 76.9 Å². The Morgan fingerprint density at radius 3 is 1.55 bits per heavy atom. The number of amides is 8. The van der Waals surface area contributed by atoms with Crippen LogP contribution in [0.25, 0.3) is 0 Å². The number of carbonyl (C=O) groups is 10. The number of nitrogens with one attached hydrogen (secondary N) is 8. The first kappa shape index (κ1) is 67.2. The number of carboxylic acid groups (broad SMARTS) is 2. The highest BCUT2D eigenvalue weighted by molar-refractivity contribution is 7.98. The number of hydrogen-bond acceptors (Lipinski definition) is 16. The number of benzene rings is 1. The van der Waals surface area contributed by atoms with Crippen molar-refractivity contribution in [3.8, 4) is 5.75 Å². The number of rotatable bonds is 36. The Kier molecular flexibility index (Phi) is 30.7. The van der Waals surface area contributed by atoms with Crippen LogP contribution in [0.15, 0.2) is 29.3 Å². The summed E-state index contributed by atoms with van der Waals surface area (Å²) in [4.78, 5) is 137. The molecule has 1 rings (SSSR count). The molecule has 0 saturated heterocycles. The third kappa shape index (κ3) is 24.7. The van der Waals surface area contributed by atoms with Crippen molar-refractivity contribution < 1.29 is 68.4 Å². The Morgan fingerprint density at radius 2 is 1.07 bits per heavy atom. The van der Waals surface area contributed by atoms with E-state index in [0.29, 0.717) is 30.6 Å². The number of carboxylic acids is 2. The normalized spacial score (nSPS) is 15.5. The molecule has 0 aliphatic heterocycles. The van der Waals surface area contributed by atoms with E-state index in [9.17, 15) is 68.4 Å². The molecule has 0 saturated carbocycles. The topological polar surface area (TPSA) is 464 Å². The summed E-state index contributed by atoms with van der Waals surface area (Å²) < 4.78 is 0. The van der Waals surface area contributed by atoms with Crippen molar-refractivity contribution in [3.63, 3.8) is 0 Å². The number of nitrogens with two attached hydrogens (primary N) is 4. The van der Waals surface area contributed by atoms with Crippen molar-refractivity contribution in [1.82, 2.24) is 42.5 Å². The number of aliphatic hydroxyl groups excluding tert-OH is 1. The second kappa shape index (κ2) is 34.7. The van der Waals surface area contributed by atoms with Crippen LogP contribution in [0.5, 0.6) is 5.75 Å². The fourth-order valence-electron chi connectivity index (χ4n) is 7.25. The summed E-state index contributed by atoms with van der Waals surface area (Å²) in [5, 5.41) is 59.6. The largest absolute Gasteiger partial charge is 0.508 e. The highest BCUT2D eigenvalue weighted by atomic mass is 32.2. The maximum absolute atomic E-state index is 14.2. The minimum atomic E-state index is -1.85. The molecule has 76 heavy (non-hydrogen) atoms. The quantitative estimate of drug-likeness (QED) is 0.0178. The number of aliphatic imine (C=N–C) groups is 1. The van der Waals surface area contributed by atoms with Crippen molar-refractivity contribution in [2.75, 3.05) is 25.1 Å². The van der Waals surface area contributed by atoms with E-state index in [2.05, 4.69) is 47.5 Å². The van der Waals surface area contributed by atoms with Crippen LogP contribution in [-0.2, 0) is 54.4 Å². The molecule has 11 atom stereocenters. The Bertz CT molecular complexity index is 2130. The molecule has 0 radical (unpaired) electrons. The first-order chi connectivity index (χ1) is 35.7. The maximum atomic E-state index is 14.2. The second-order valence-electron chi connectivity index (χ2n) is 18.7. The molecule has 0 aromatic heterocycles. The lowest BCUT2D eigenvalue weighted by atomic mass is 9.96. The zero-order valence-electron chi connectivity index (χ0n) is 44.3. The summed E-state index contributed by atoms with van der Waals surface area (Å²) in [6.07, 6.45) is 0.154. The molecular weight excluding hydrogens is 1010 g/mol. The van der Waals surface area contributed by atoms with Gasteiger partial charge in [-0.1, -0.05) is 46.2 Å². The van der Waals surface area contributed by atoms with Gasteiger partial charge in [-0.2, -0.15) is 11.8 Å². The summed E-state index contributed by atoms with van der Waals surface area (Å²) in [5.74, 6) is -11.3. The van der Waals surface area contributed by atoms with Crippen molar-refractivity contribution in [2.24, 2.45) is 39.8 Å². The number of thioether (sulfide) groups is 1. The van der Waals surface area contributed by atoms with Crippen LogP contribution in [0.1, 0.15) is 98.5 Å². The predicted octanol–water partition coefficient (Wildman–Crippen LogP) is -3.26. The number of phenols is 1. The molecule has 0 bridgehead atoms. The Morgan fingerprint density at radius 1 is 0.605 bits per heavy atom. The van der Waals surface area contributed by atoms with Gasteiger partial charge >= 0.3 is 11.9 Å². The lowest BCUT2D eigenvalue weighted by molar-refractivity contribution is -0.147. The molecule has 11 unspecified atom stereocenters. The molecule has 0 aliphatic rings. The SMILES string of the molecule is CCC(C)C(NC(=O)C(CCCCN)NC(=O)C(CCSC)NC(=O)C(NC(=O)C(NC(=O)C(Cc1ccc(O)cc1)NC(=O)C(C)N)C(C)C)C(C)O)C(=O)NC(CCCN=C(N)N)C(=O)NC(CC(=O)O)C(=O)O. The van der Waals surface area contributed by atoms with Gasteiger partial charge in [-0.3, -0.25) is 48.1 Å². The second-order valence-corrected chi connectivity index (χ2v) is 19.7. The van der Waals surface area contributed by atoms with Crippen molar-refractivity contribution in [3.05, 3.63) is 29.8 Å². The van der Waals surface area contributed by atoms with Crippen molar-refractivity contribution in [2.45, 2.75) is 160 Å². The van der Waals surface area contributed by atoms with Gasteiger partial charge < -0.3 is 85.9 Å². The standard InChI is InChI=1S/C48H81N13O14S/c1-8-25(4)37(45(72)55-31(13-11-20-53-48(51)52)40(67)58-34(47(74)75)23-35(64)65)60-42(69)30(12-9-10-19-49)54-41(68)32(18-21-76-7)56-46(73)38(27(6)62)61-44(71)36(24(2)3)59-43(70)33(57-39(66)26(5)50)22-28-14-16-29(63)17-15-28/h14-17,24-27,30-34,36-38,62-63H,8-13,18-23,49-50H2,1-7H3,(H,54,68)(H,55,72)(H,56,73)(H,57,66)(H,58,67)(H,59,70)(H,60,69)(H,61,71)(H,64,65)(H,74,75)(H4,51,52,53). The fourth-order valence-corrected chi connectivity index (χ4v) is 7.73. The first-order valence-electron chi connectivity index (χ1n) is 25.0. The molecule has 428 valence electrons. The number of aromatic hydroxyl groups is 1. The van der Waals surface area contributed by atoms with E-state index in [1.807, 2.05) is 0 Å². The molecule has 1 aromatic rings. The number of aliphatic hydroxyl groups is 1. The highest BCUT2D eigenvalue weighted by Gasteiger charge is 2.37. The average molecular weight is 1100 g/mol. The lowest BCUT2D eigenvalue weighted by Crippen LogP contribution is -2.62. The van der Waals surface area contributed by atoms with Crippen LogP contribution in [0.3, 0.4) is 0 Å². The molecule has 8 amide bonds. The van der Waals surface area contributed by atoms with E-state index >= 15 is 0 Å². The minimum Gasteiger partial charge on any atom is -0.508 e. The van der Waals surface area contributed by atoms with Gasteiger partial charge in [-0.05, 0) is 100 Å². The zero-order chi connectivity index (χ0) is 57.8. The average Bonchev–Trinajstić information content (AvgIpc) is 3.34. The van der Waals surface area contributed by atoms with Crippen LogP contribution in [0.2, 0.25) is 0 Å². The van der Waals surface area contributed by atoms with Crippen LogP contribution in [-0.4, -0.2) is 171 Å². The third-order valence-corrected chi connectivity index (χ3v) is 12.6. The number of guanidine groups is 1. The van der Waals surface area contributed by atoms with Gasteiger partial charge in [-0.15, -0.1) is 0 Å². The predicted molar refractivity (Wildman–Crippen MR) is 283 cm³/mol. The highest BCUT2D eigenvalue weighted by Crippen LogP contribution is 2.15. The monoisotopic (exact) mass is 1100 g/mol. The van der Waals surface area contributed by atoms with E-state index in [-0.39, 0.29) is 56.9 Å². The Balaban J connectivity index is 3.48. The van der Waals surface area contributed by atoms with Gasteiger partial charge in [0.25, 0.3) is 0 Å². The first-order valence-corrected chi connectivity index (χ1v) is 26.4. The van der Waals surface area contributed by atoms with Gasteiger partial charge in [0.1, 0.15) is 54.1 Å². The number of phenolic OH excluding ortho intramolecular Hbond substituents is 1. The van der Waals surface area contributed by atoms with Crippen molar-refractivity contribution in [1.29, 1.82) is 0 Å². The van der Waals surface area contributed by atoms with E-state index in [1.54, 1.807) is 46.1 Å². The molecule has 0 heterocycles. The smallest absolute Gasteiger partial charge is 0.326 e. The number of nitrogens with zero attached hydrogens (tertiary/aromatic N) is 1. The number of hydrogen-bond donors (Lipinski definition) is 16. The van der Waals surface area contributed by atoms with Crippen LogP contribution in [0.4, 0.5) is 0 Å². The summed E-state index contributed by atoms with van der Waals surface area (Å²) in [6.45, 7) is 9.45. The summed E-state index contributed by atoms with van der Waals surface area (Å²) in [6, 6.07) is -6.72. The van der Waals surface area contributed by atoms with Crippen LogP contribution >= 0.6 is 11.8 Å². The summed E-state index contributed by atoms with van der Waals surface area (Å²) in [5.41, 5.74) is 22.9. The molecule has 0 spiro atoms. The van der Waals surface area contributed by atoms with Gasteiger partial charge in [0.05, 0.1) is 18.6 Å². The number of unbranched alkanes of at least 4 members (excludes halogenated alkanes) is 1. The molecule has 28 heteroatoms. The van der Waals surface area contributed by atoms with Gasteiger partial charge in [0, 0.05) is 13.0 Å². The summed E-state index contributed by atoms with van der Waals surface area (Å²) in [7, 11) is 0. The molecule has 0 fully saturated rings. The Labute approximate surface area is 446 Å². The van der Waals surface area contributed by atoms with Gasteiger partial charge in [0.2, 0.25) is 47.3 Å². The molecule has 20 N–H and O–H groups in total. The Hall–Kier alpha value is -6.78. The van der Waals surface area contributed by atoms with E-state index in [1.165, 1.54) is 37.7 Å². The van der Waals surface area contributed by atoms with Gasteiger partial charge in [-0.25, -0.2) is 4.79 Å². The van der Waals surface area contributed by atoms with E-state index in [4.69, 9.17) is 22.9 Å². The van der Waals surface area contributed by atoms with Crippen LogP contribution < -0.4 is 65.5 Å². The van der Waals surface area contributed by atoms with Gasteiger partial charge in [0.15, 0.2) is 5.96 Å². The maximum Gasteiger partial charge on any atom is 0.326 e. The number of carbonyl (C=O) groups excluding carboxylic acids is 8. The molecule has 0 aliphatic carbocycles. The van der Waals surface area contributed by atoms with Crippen LogP contribution in [0, 0.1) is 11.8 Å². The summed E-state index contributed by atoms with van der Waals surface area (Å²) >= 11 is 1.33. The molecular formula is C48H81N13O14S. The minimum absolute atomic E-state index is 0.00216. The lowest BCUT2D eigenvalue weighted by Gasteiger charge is -2.30. The van der Waals surface area contributed by atoms with E-state index in [0.717, 1.165) is 0 Å². The fraction of sp³-hybridized carbons (Fsp3) is 0.646. The molecule has 27 nitrogen and oxygen atoms in total.